The van der Waals surface area contributed by atoms with Crippen molar-refractivity contribution in [3.05, 3.63) is 42.0 Å². The average molecular weight is 1400 g/mol. The molecule has 0 bridgehead atoms. The Kier molecular flexibility index (Phi) is 34.4. The van der Waals surface area contributed by atoms with E-state index in [2.05, 4.69) is 13.8 Å². The van der Waals surface area contributed by atoms with Crippen LogP contribution in [0.15, 0.2) is 36.4 Å². The normalized spacial score (nSPS) is 38.3. The zero-order valence-electron chi connectivity index (χ0n) is 58.7. The molecule has 26 heteroatoms. The highest BCUT2D eigenvalue weighted by Crippen LogP contribution is 2.40. The molecule has 26 nitrogen and oxygen atoms in total. The number of aliphatic hydroxyl groups is 8. The van der Waals surface area contributed by atoms with Crippen molar-refractivity contribution in [1.29, 1.82) is 0 Å². The predicted octanol–water partition coefficient (Wildman–Crippen LogP) is 6.57. The summed E-state index contributed by atoms with van der Waals surface area (Å²) < 4.78 is 89.2. The fourth-order valence-corrected chi connectivity index (χ4v) is 13.4. The molecular weight excluding hydrogens is 1280 g/mol. The first-order valence-electron chi connectivity index (χ1n) is 36.5. The summed E-state index contributed by atoms with van der Waals surface area (Å²) in [5.74, 6) is -3.93. The molecule has 6 heterocycles. The van der Waals surface area contributed by atoms with Crippen molar-refractivity contribution in [2.24, 2.45) is 5.92 Å². The van der Waals surface area contributed by atoms with Crippen molar-refractivity contribution in [3.63, 3.8) is 0 Å². The molecule has 1 aromatic carbocycles. The Morgan fingerprint density at radius 3 is 1.79 bits per heavy atom. The van der Waals surface area contributed by atoms with Crippen LogP contribution in [0.5, 0.6) is 0 Å². The largest absolute Gasteiger partial charge is 0.455 e. The van der Waals surface area contributed by atoms with Gasteiger partial charge in [0.05, 0.1) is 43.0 Å². The van der Waals surface area contributed by atoms with Gasteiger partial charge in [-0.25, -0.2) is 4.79 Å². The molecule has 0 spiro atoms. The molecule has 560 valence electrons. The first-order valence-corrected chi connectivity index (χ1v) is 36.5. The van der Waals surface area contributed by atoms with Gasteiger partial charge in [0, 0.05) is 18.9 Å². The van der Waals surface area contributed by atoms with Crippen LogP contribution in [0.25, 0.3) is 6.08 Å². The van der Waals surface area contributed by atoms with Gasteiger partial charge in [-0.3, -0.25) is 14.4 Å². The van der Waals surface area contributed by atoms with E-state index in [1.165, 1.54) is 39.7 Å². The molecule has 7 rings (SSSR count). The molecule has 98 heavy (non-hydrogen) atoms. The lowest BCUT2D eigenvalue weighted by molar-refractivity contribution is -0.400. The van der Waals surface area contributed by atoms with Gasteiger partial charge in [0.2, 0.25) is 0 Å². The van der Waals surface area contributed by atoms with Crippen LogP contribution < -0.4 is 0 Å². The molecule has 0 unspecified atom stereocenters. The summed E-state index contributed by atoms with van der Waals surface area (Å²) >= 11 is 0. The van der Waals surface area contributed by atoms with E-state index in [-0.39, 0.29) is 25.4 Å². The number of unbranched alkanes of at least 4 members (excludes halogenated alkanes) is 10. The van der Waals surface area contributed by atoms with Crippen LogP contribution in [0, 0.1) is 5.92 Å². The van der Waals surface area contributed by atoms with Crippen LogP contribution in [0.2, 0.25) is 0 Å². The zero-order chi connectivity index (χ0) is 71.0. The van der Waals surface area contributed by atoms with Crippen LogP contribution in [-0.4, -0.2) is 231 Å². The minimum absolute atomic E-state index is 0.0282. The Bertz CT molecular complexity index is 2510. The van der Waals surface area contributed by atoms with Gasteiger partial charge in [-0.05, 0) is 71.4 Å². The summed E-state index contributed by atoms with van der Waals surface area (Å²) in [6, 6.07) is 8.88. The van der Waals surface area contributed by atoms with E-state index in [1.54, 1.807) is 51.1 Å². The first kappa shape index (κ1) is 81.4. The monoisotopic (exact) mass is 1400 g/mol. The number of fused-ring (bicyclic) bond motifs is 2. The second-order valence-corrected chi connectivity index (χ2v) is 27.5. The number of esters is 4. The highest BCUT2D eigenvalue weighted by atomic mass is 16.8. The molecule has 6 aliphatic heterocycles. The molecule has 6 aliphatic rings. The molecule has 0 aliphatic carbocycles. The molecule has 0 radical (unpaired) electrons. The highest BCUT2D eigenvalue weighted by molar-refractivity contribution is 5.87. The molecule has 6 saturated heterocycles. The number of ether oxygens (including phenoxy) is 14. The van der Waals surface area contributed by atoms with E-state index in [1.807, 2.05) is 0 Å². The number of carbonyl (C=O) groups excluding carboxylic acids is 4. The predicted molar refractivity (Wildman–Crippen MR) is 351 cm³/mol. The van der Waals surface area contributed by atoms with Crippen molar-refractivity contribution >= 4 is 30.0 Å². The van der Waals surface area contributed by atoms with Crippen molar-refractivity contribution in [1.82, 2.24) is 0 Å². The molecule has 0 amide bonds. The van der Waals surface area contributed by atoms with Gasteiger partial charge in [-0.2, -0.15) is 0 Å². The molecular formula is C72H116O26. The van der Waals surface area contributed by atoms with Crippen molar-refractivity contribution < 1.29 is 126 Å². The van der Waals surface area contributed by atoms with Gasteiger partial charge in [-0.15, -0.1) is 0 Å². The lowest BCUT2D eigenvalue weighted by Gasteiger charge is -2.51. The Balaban J connectivity index is 1.21. The number of hydrogen-bond donors (Lipinski definition) is 8. The molecule has 6 fully saturated rings. The molecule has 1 aromatic rings. The first-order chi connectivity index (χ1) is 47.1. The summed E-state index contributed by atoms with van der Waals surface area (Å²) in [6.07, 6.45) is -19.0. The van der Waals surface area contributed by atoms with E-state index in [9.17, 15) is 60.0 Å². The third-order valence-electron chi connectivity index (χ3n) is 19.6. The highest BCUT2D eigenvalue weighted by Gasteiger charge is 2.59. The van der Waals surface area contributed by atoms with Crippen molar-refractivity contribution in [3.8, 4) is 0 Å². The number of aliphatic hydroxyl groups excluding tert-OH is 8. The number of benzene rings is 1. The van der Waals surface area contributed by atoms with Crippen LogP contribution in [0.1, 0.15) is 215 Å². The Morgan fingerprint density at radius 2 is 1.10 bits per heavy atom. The maximum atomic E-state index is 14.4. The average Bonchev–Trinajstić information content (AvgIpc) is 0.766. The minimum atomic E-state index is -2.06. The minimum Gasteiger partial charge on any atom is -0.455 e. The summed E-state index contributed by atoms with van der Waals surface area (Å²) in [7, 11) is 0. The maximum Gasteiger partial charge on any atom is 0.331 e. The van der Waals surface area contributed by atoms with Crippen LogP contribution >= 0.6 is 0 Å². The van der Waals surface area contributed by atoms with Crippen molar-refractivity contribution in [2.45, 2.75) is 369 Å². The van der Waals surface area contributed by atoms with Gasteiger partial charge in [0.15, 0.2) is 55.9 Å². The van der Waals surface area contributed by atoms with Crippen molar-refractivity contribution in [2.75, 3.05) is 6.61 Å². The fourth-order valence-electron chi connectivity index (χ4n) is 13.4. The summed E-state index contributed by atoms with van der Waals surface area (Å²) in [6.45, 7) is 12.8. The Hall–Kier alpha value is -3.88. The van der Waals surface area contributed by atoms with Gasteiger partial charge in [0.1, 0.15) is 73.2 Å². The number of hydrogen-bond acceptors (Lipinski definition) is 26. The van der Waals surface area contributed by atoms with Crippen LogP contribution in [-0.2, 0) is 85.5 Å². The standard InChI is InChI=1S/C72H116O26/c1-9-12-14-15-16-17-20-23-30-36-49(74)91-60-44(7)86-69(58(83)62(60)92-51(76)39-38-46-32-27-25-28-33-46)96-61-45(8)88-72(66(94-67(84)41(4)11-3)65(61)98-68-56(81)54(79)53(78)48(40-73)90-68)95-59-43(6)87-71-64(57(59)82)93-50(75)37-31-24-21-18-19-22-29-35-47(34-26-13-10-2)89-70-63(97-71)55(80)52(77)42(5)85-70/h25,27-28,32-33,38-39,41-45,47-48,52-66,68-73,77-83H,9-24,26,29-31,34-37,40H2,1-8H3/b39-38+/t41-,42+,43-,44-,45-,47-,48+,52-,53+,54-,55-,56+,57+,58+,59-,60-,61-,62-,63+,64+,65+,66+,68-,69-,70-,71-,72-/m0/s1. The second kappa shape index (κ2) is 41.4. The summed E-state index contributed by atoms with van der Waals surface area (Å²) in [5, 5.41) is 92.3. The second-order valence-electron chi connectivity index (χ2n) is 27.5. The van der Waals surface area contributed by atoms with Crippen LogP contribution in [0.4, 0.5) is 0 Å². The van der Waals surface area contributed by atoms with Gasteiger partial charge >= 0.3 is 23.9 Å². The third-order valence-corrected chi connectivity index (χ3v) is 19.6. The smallest absolute Gasteiger partial charge is 0.331 e. The lowest BCUT2D eigenvalue weighted by Crippen LogP contribution is -2.68. The maximum absolute atomic E-state index is 14.4. The van der Waals surface area contributed by atoms with E-state index in [0.717, 1.165) is 102 Å². The van der Waals surface area contributed by atoms with Gasteiger partial charge in [-0.1, -0.05) is 167 Å². The molecule has 8 N–H and O–H groups in total. The molecule has 0 aromatic heterocycles. The Labute approximate surface area is 577 Å². The van der Waals surface area contributed by atoms with E-state index < -0.39 is 190 Å². The van der Waals surface area contributed by atoms with Gasteiger partial charge < -0.3 is 107 Å². The third kappa shape index (κ3) is 23.3. The van der Waals surface area contributed by atoms with E-state index in [4.69, 9.17) is 66.3 Å². The Morgan fingerprint density at radius 1 is 0.520 bits per heavy atom. The lowest BCUT2D eigenvalue weighted by atomic mass is 9.95. The number of rotatable bonds is 28. The quantitative estimate of drug-likeness (QED) is 0.0190. The SMILES string of the molecule is CCCCCCCCCCCC(=O)O[C@@H]1[C@@H](OC(=O)/C=C/c2ccccc2)[C@@H](O)[C@H](O[C@@H]2[C@@H](O[C@@H]3O[C@H](CO)[C@@H](O)[C@H](O)[C@H]3O)[C@@H](OC(=O)[C@@H](C)CC)[C@H](O[C@@H]3[C@@H](O)[C@H]4OC(=O)CCCCCCCCC[C@H](CCCCC)O[C@@H]5O[C@H](C)[C@H](O)[C@H](O)[C@H]5O[C@@H]4O[C@H]3C)O[C@H]2C)O[C@H]1C. The summed E-state index contributed by atoms with van der Waals surface area (Å²) in [4.78, 5) is 55.8. The number of carbonyl (C=O) groups is 4. The summed E-state index contributed by atoms with van der Waals surface area (Å²) in [5.41, 5.74) is 0.657. The molecule has 27 atom stereocenters. The zero-order valence-corrected chi connectivity index (χ0v) is 58.7. The van der Waals surface area contributed by atoms with E-state index in [0.29, 0.717) is 31.2 Å². The molecule has 0 saturated carbocycles. The topological polar surface area (TPSA) is 359 Å². The van der Waals surface area contributed by atoms with Crippen LogP contribution in [0.3, 0.4) is 0 Å². The van der Waals surface area contributed by atoms with Gasteiger partial charge in [0.25, 0.3) is 0 Å². The van der Waals surface area contributed by atoms with E-state index >= 15 is 0 Å². The fraction of sp³-hybridized carbons (Fsp3) is 0.833.